The lowest BCUT2D eigenvalue weighted by molar-refractivity contribution is -0.0529. The van der Waals surface area contributed by atoms with Crippen molar-refractivity contribution in [2.45, 2.75) is 71.7 Å². The number of benzene rings is 2. The molecule has 6 rings (SSSR count). The first-order valence-corrected chi connectivity index (χ1v) is 17.7. The zero-order valence-corrected chi connectivity index (χ0v) is 29.5. The summed E-state index contributed by atoms with van der Waals surface area (Å²) in [6, 6.07) is 18.1. The summed E-state index contributed by atoms with van der Waals surface area (Å²) < 4.78 is 3.36. The topological polar surface area (TPSA) is 128 Å². The van der Waals surface area contributed by atoms with Gasteiger partial charge >= 0.3 is 0 Å². The molecule has 0 saturated heterocycles. The number of carbonyl (C=O) groups excluding carboxylic acids is 2. The van der Waals surface area contributed by atoms with Crippen LogP contribution in [-0.4, -0.2) is 76.7 Å². The highest BCUT2D eigenvalue weighted by Crippen LogP contribution is 2.34. The van der Waals surface area contributed by atoms with E-state index in [1.807, 2.05) is 41.0 Å². The van der Waals surface area contributed by atoms with Gasteiger partial charge in [-0.3, -0.25) is 14.5 Å². The van der Waals surface area contributed by atoms with Crippen LogP contribution in [0.3, 0.4) is 0 Å². The number of carbonyl (C=O) groups is 2. The van der Waals surface area contributed by atoms with Crippen molar-refractivity contribution in [3.63, 3.8) is 0 Å². The van der Waals surface area contributed by atoms with Gasteiger partial charge in [0.15, 0.2) is 5.69 Å². The Kier molecular flexibility index (Phi) is 11.0. The fourth-order valence-electron chi connectivity index (χ4n) is 6.54. The Balaban J connectivity index is 1.37. The zero-order valence-electron chi connectivity index (χ0n) is 28.7. The Morgan fingerprint density at radius 3 is 2.46 bits per heavy atom. The van der Waals surface area contributed by atoms with Gasteiger partial charge in [-0.25, -0.2) is 9.67 Å². The minimum Gasteiger partial charge on any atom is -0.395 e. The summed E-state index contributed by atoms with van der Waals surface area (Å²) in [5.41, 5.74) is 5.48. The van der Waals surface area contributed by atoms with Crippen molar-refractivity contribution in [3.8, 4) is 5.69 Å². The Morgan fingerprint density at radius 2 is 1.74 bits per heavy atom. The smallest absolute Gasteiger partial charge is 0.275 e. The van der Waals surface area contributed by atoms with E-state index in [0.717, 1.165) is 42.5 Å². The van der Waals surface area contributed by atoms with Crippen LogP contribution < -0.4 is 5.32 Å². The summed E-state index contributed by atoms with van der Waals surface area (Å²) in [7, 11) is 0. The van der Waals surface area contributed by atoms with Crippen molar-refractivity contribution in [1.29, 1.82) is 0 Å². The van der Waals surface area contributed by atoms with Crippen LogP contribution in [0, 0.1) is 6.92 Å². The third-order valence-corrected chi connectivity index (χ3v) is 9.54. The number of anilines is 1. The van der Waals surface area contributed by atoms with Gasteiger partial charge in [0.1, 0.15) is 17.6 Å². The maximum absolute atomic E-state index is 13.7. The first-order chi connectivity index (χ1) is 24.2. The normalized spacial score (nSPS) is 15.2. The molecule has 3 N–H and O–H groups in total. The van der Waals surface area contributed by atoms with Crippen LogP contribution in [0.5, 0.6) is 0 Å². The molecule has 5 aromatic rings. The molecule has 0 spiro atoms. The first kappa shape index (κ1) is 35.3. The van der Waals surface area contributed by atoms with Gasteiger partial charge < -0.3 is 24.8 Å². The molecular formula is C38H44ClN7O4. The third-order valence-electron chi connectivity index (χ3n) is 9.32. The maximum Gasteiger partial charge on any atom is 0.275 e. The molecule has 2 aromatic carbocycles. The molecule has 1 aliphatic rings. The minimum absolute atomic E-state index is 0.124. The number of nitrogens with zero attached hydrogens (tertiary/aromatic N) is 6. The number of halogens is 1. The number of hydrogen-bond donors (Lipinski definition) is 3. The van der Waals surface area contributed by atoms with Crippen molar-refractivity contribution in [2.75, 3.05) is 25.0 Å². The number of aromatic nitrogens is 4. The molecule has 3 aromatic heterocycles. The number of nitrogens with one attached hydrogen (secondary N) is 1. The van der Waals surface area contributed by atoms with Gasteiger partial charge in [-0.15, -0.1) is 0 Å². The van der Waals surface area contributed by atoms with Gasteiger partial charge in [-0.05, 0) is 73.7 Å². The van der Waals surface area contributed by atoms with Crippen molar-refractivity contribution >= 4 is 34.7 Å². The number of rotatable bonds is 13. The molecule has 0 fully saturated rings. The molecule has 262 valence electrons. The number of hydrogen-bond acceptors (Lipinski definition) is 7. The van der Waals surface area contributed by atoms with E-state index in [-0.39, 0.29) is 24.2 Å². The van der Waals surface area contributed by atoms with Crippen LogP contribution in [0.2, 0.25) is 5.02 Å². The third kappa shape index (κ3) is 7.46. The predicted molar refractivity (Wildman–Crippen MR) is 194 cm³/mol. The second-order valence-electron chi connectivity index (χ2n) is 12.9. The van der Waals surface area contributed by atoms with Crippen LogP contribution in [-0.2, 0) is 13.0 Å². The lowest BCUT2D eigenvalue weighted by Gasteiger charge is -2.39. The molecule has 1 unspecified atom stereocenters. The quantitative estimate of drug-likeness (QED) is 0.134. The lowest BCUT2D eigenvalue weighted by atomic mass is 9.93. The highest BCUT2D eigenvalue weighted by molar-refractivity contribution is 6.30. The number of unbranched alkanes of at least 4 members (excludes halogenated alkanes) is 2. The number of pyridine rings is 1. The summed E-state index contributed by atoms with van der Waals surface area (Å²) in [6.45, 7) is 7.68. The van der Waals surface area contributed by atoms with E-state index in [9.17, 15) is 19.8 Å². The second-order valence-corrected chi connectivity index (χ2v) is 13.3. The minimum atomic E-state index is -1.18. The Bertz CT molecular complexity index is 1980. The van der Waals surface area contributed by atoms with E-state index in [1.165, 1.54) is 0 Å². The van der Waals surface area contributed by atoms with Crippen molar-refractivity contribution in [3.05, 3.63) is 112 Å². The van der Waals surface area contributed by atoms with Crippen LogP contribution in [0.15, 0.2) is 73.1 Å². The maximum atomic E-state index is 13.7. The molecule has 1 aliphatic heterocycles. The average molecular weight is 698 g/mol. The summed E-state index contributed by atoms with van der Waals surface area (Å²) >= 11 is 6.13. The molecule has 0 radical (unpaired) electrons. The zero-order chi connectivity index (χ0) is 35.4. The van der Waals surface area contributed by atoms with E-state index in [2.05, 4.69) is 24.1 Å². The Labute approximate surface area is 297 Å². The molecule has 12 heteroatoms. The van der Waals surface area contributed by atoms with E-state index in [0.29, 0.717) is 59.4 Å². The van der Waals surface area contributed by atoms with Crippen LogP contribution in [0.25, 0.3) is 11.3 Å². The molecule has 50 heavy (non-hydrogen) atoms. The van der Waals surface area contributed by atoms with Crippen LogP contribution in [0.4, 0.5) is 5.69 Å². The van der Waals surface area contributed by atoms with E-state index >= 15 is 0 Å². The number of aryl methyl sites for hydroxylation is 1. The van der Waals surface area contributed by atoms with Gasteiger partial charge in [0.05, 0.1) is 17.3 Å². The van der Waals surface area contributed by atoms with Crippen LogP contribution >= 0.6 is 11.6 Å². The van der Waals surface area contributed by atoms with Crippen molar-refractivity contribution in [2.24, 2.45) is 0 Å². The monoisotopic (exact) mass is 697 g/mol. The fourth-order valence-corrected chi connectivity index (χ4v) is 6.71. The highest BCUT2D eigenvalue weighted by atomic mass is 35.5. The molecule has 0 saturated carbocycles. The molecule has 0 bridgehead atoms. The largest absolute Gasteiger partial charge is 0.395 e. The molecule has 2 amide bonds. The fraction of sp³-hybridized carbons (Fsp3) is 0.368. The Morgan fingerprint density at radius 1 is 1.00 bits per heavy atom. The van der Waals surface area contributed by atoms with E-state index in [1.54, 1.807) is 57.9 Å². The number of aliphatic hydroxyl groups excluding tert-OH is 2. The molecule has 4 heterocycles. The number of amides is 2. The van der Waals surface area contributed by atoms with E-state index < -0.39 is 12.1 Å². The average Bonchev–Trinajstić information content (AvgIpc) is 3.73. The van der Waals surface area contributed by atoms with Gasteiger partial charge in [0, 0.05) is 55.0 Å². The summed E-state index contributed by atoms with van der Waals surface area (Å²) in [5, 5.41) is 30.8. The highest BCUT2D eigenvalue weighted by Gasteiger charge is 2.33. The number of imidazole rings is 1. The van der Waals surface area contributed by atoms with Gasteiger partial charge in [-0.2, -0.15) is 5.10 Å². The number of fused-ring (bicyclic) bond motifs is 2. The molecular weight excluding hydrogens is 654 g/mol. The lowest BCUT2D eigenvalue weighted by Crippen LogP contribution is -2.45. The summed E-state index contributed by atoms with van der Waals surface area (Å²) in [4.78, 5) is 35.3. The Hall–Kier alpha value is -4.55. The number of aliphatic hydroxyl groups is 2. The van der Waals surface area contributed by atoms with Crippen molar-refractivity contribution < 1.29 is 19.8 Å². The summed E-state index contributed by atoms with van der Waals surface area (Å²) in [6.07, 6.45) is 6.45. The molecule has 0 aliphatic carbocycles. The van der Waals surface area contributed by atoms with Gasteiger partial charge in [0.2, 0.25) is 0 Å². The second kappa shape index (κ2) is 15.6. The van der Waals surface area contributed by atoms with E-state index in [4.69, 9.17) is 16.7 Å². The SMILES string of the molecule is CCCCN(CCCC)C(=O)c1cc(C)n(-c2ccc(NC(=O)c3cn4cc(Cl)ccc4n3)cc2C(O)N2Cc3ccccc3C[C@H]2CO)n1. The summed E-state index contributed by atoms with van der Waals surface area (Å²) in [5.74, 6) is -0.554. The standard InChI is InChI=1S/C38H44ClN7O4/c1-4-6-16-43(17-7-5-2)38(50)32-18-25(3)46(42-32)34-14-13-29(40-36(48)33-23-44-22-28(39)12-15-35(44)41-33)20-31(34)37(49)45-21-27-11-9-8-10-26(27)19-30(45)24-47/h8-15,18,20,22-23,30,37,47,49H,4-7,16-17,19,21,24H2,1-3H3,(H,40,48)/t30-,37?/m0/s1. The molecule has 11 nitrogen and oxygen atoms in total. The van der Waals surface area contributed by atoms with Gasteiger partial charge in [-0.1, -0.05) is 62.6 Å². The van der Waals surface area contributed by atoms with Crippen LogP contribution in [0.1, 0.15) is 89.1 Å². The molecule has 2 atom stereocenters. The predicted octanol–water partition coefficient (Wildman–Crippen LogP) is 6.19. The van der Waals surface area contributed by atoms with Gasteiger partial charge in [0.25, 0.3) is 11.8 Å². The van der Waals surface area contributed by atoms with Crippen molar-refractivity contribution in [1.82, 2.24) is 29.0 Å². The first-order valence-electron chi connectivity index (χ1n) is 17.3.